The van der Waals surface area contributed by atoms with Crippen molar-refractivity contribution in [2.75, 3.05) is 127 Å². The zero-order valence-corrected chi connectivity index (χ0v) is 49.8. The molecule has 1 heterocycles. The summed E-state index contributed by atoms with van der Waals surface area (Å²) in [6.07, 6.45) is -6.98. The van der Waals surface area contributed by atoms with Crippen molar-refractivity contribution in [3.63, 3.8) is 0 Å². The molecular formula is C62H83N6O16S+. The molecule has 1 unspecified atom stereocenters. The highest BCUT2D eigenvalue weighted by Crippen LogP contribution is 2.37. The maximum atomic E-state index is 15.0. The number of aliphatic hydroxyl groups excluding tert-OH is 4. The van der Waals surface area contributed by atoms with Gasteiger partial charge in [0.25, 0.3) is 0 Å². The number of hydrogen-bond acceptors (Lipinski definition) is 19. The molecule has 23 heteroatoms. The number of carbonyl (C=O) groups excluding carboxylic acids is 1. The third-order valence-corrected chi connectivity index (χ3v) is 14.7. The van der Waals surface area contributed by atoms with Crippen LogP contribution in [-0.4, -0.2) is 192 Å². The minimum absolute atomic E-state index is 0.0106. The zero-order valence-electron chi connectivity index (χ0n) is 49.0. The molecule has 1 saturated heterocycles. The molecule has 1 fully saturated rings. The lowest BCUT2D eigenvalue weighted by molar-refractivity contribution is -0.903. The van der Waals surface area contributed by atoms with Crippen molar-refractivity contribution >= 4 is 27.2 Å². The van der Waals surface area contributed by atoms with Gasteiger partial charge in [0.1, 0.15) is 55.6 Å². The van der Waals surface area contributed by atoms with Gasteiger partial charge in [-0.15, -0.1) is 0 Å². The van der Waals surface area contributed by atoms with Gasteiger partial charge < -0.3 is 76.5 Å². The Bertz CT molecular complexity index is 2960. The first kappa shape index (κ1) is 67.6. The summed E-state index contributed by atoms with van der Waals surface area (Å²) in [5, 5.41) is 48.3. The van der Waals surface area contributed by atoms with E-state index in [4.69, 9.17) is 51.8 Å². The van der Waals surface area contributed by atoms with Gasteiger partial charge in [-0.05, 0) is 108 Å². The lowest BCUT2D eigenvalue weighted by Crippen LogP contribution is -2.60. The lowest BCUT2D eigenvalue weighted by Gasteiger charge is -2.39. The maximum absolute atomic E-state index is 15.0. The van der Waals surface area contributed by atoms with Gasteiger partial charge in [0.15, 0.2) is 17.3 Å². The molecular weight excluding hydrogens is 1120 g/mol. The van der Waals surface area contributed by atoms with Gasteiger partial charge in [-0.3, -0.25) is 4.79 Å². The van der Waals surface area contributed by atoms with Crippen molar-refractivity contribution in [3.8, 4) is 23.0 Å². The number of ether oxygens (including phenoxy) is 8. The number of hydrogen-bond donors (Lipinski definition) is 5. The fourth-order valence-electron chi connectivity index (χ4n) is 8.96. The Kier molecular flexibility index (Phi) is 29.0. The quantitative estimate of drug-likeness (QED) is 0.00492. The predicted molar refractivity (Wildman–Crippen MR) is 321 cm³/mol. The second-order valence-electron chi connectivity index (χ2n) is 20.3. The Morgan fingerprint density at radius 3 is 1.89 bits per heavy atom. The number of rotatable bonds is 40. The Balaban J connectivity index is 1.14. The second kappa shape index (κ2) is 36.5. The Hall–Kier alpha value is -6.51. The summed E-state index contributed by atoms with van der Waals surface area (Å²) in [5.41, 5.74) is 15.3. The van der Waals surface area contributed by atoms with Crippen LogP contribution >= 0.6 is 0 Å². The van der Waals surface area contributed by atoms with E-state index in [-0.39, 0.29) is 74.5 Å². The van der Waals surface area contributed by atoms with Crippen LogP contribution in [0.1, 0.15) is 58.8 Å². The van der Waals surface area contributed by atoms with Crippen LogP contribution in [0.4, 0.5) is 0 Å². The first-order chi connectivity index (χ1) is 41.3. The molecule has 5 aromatic rings. The van der Waals surface area contributed by atoms with Crippen molar-refractivity contribution in [1.82, 2.24) is 5.32 Å². The minimum atomic E-state index is -4.22. The highest BCUT2D eigenvalue weighted by atomic mass is 32.2. The zero-order chi connectivity index (χ0) is 60.7. The molecule has 0 amide bonds. The standard InChI is InChI=1S/C62H83N6O16S/c1-5-53(47-13-8-6-9-14-47)58(48-15-10-7-11-16-48)49-20-25-51(26-21-49)80-36-31-68(3,4)44-46-18-23-52(24-19-46)83-85(74,66-30-35-78-39-38-76-33-28-64-2)84-56-43-50(22-27-55(56)81-62-61(73)60(72)59(71)57(45-69)82-62)54(70)17-12-32-75-37-41-79-42-40-77-34-29-65-67-63/h6-11,13-16,18-27,43,57,59-62,64,69,71-73H,5,12,17,28-42,44-45H2,1-4H3/q+1/b58-53-/t57-,59+,60+,61-,62+,85?/m1/s1. The summed E-state index contributed by atoms with van der Waals surface area (Å²) >= 11 is 0. The molecule has 0 aromatic heterocycles. The summed E-state index contributed by atoms with van der Waals surface area (Å²) < 4.78 is 77.8. The molecule has 0 radical (unpaired) electrons. The summed E-state index contributed by atoms with van der Waals surface area (Å²) in [5.74, 6) is 0.0607. The molecule has 0 bridgehead atoms. The summed E-state index contributed by atoms with van der Waals surface area (Å²) in [6, 6.07) is 40.2. The van der Waals surface area contributed by atoms with Gasteiger partial charge in [-0.2, -0.15) is 8.57 Å². The largest absolute Gasteiger partial charge is 0.488 e. The normalized spacial score (nSPS) is 17.9. The van der Waals surface area contributed by atoms with E-state index < -0.39 is 47.6 Å². The van der Waals surface area contributed by atoms with E-state index in [1.807, 2.05) is 43.4 Å². The van der Waals surface area contributed by atoms with Crippen LogP contribution in [-0.2, 0) is 45.3 Å². The van der Waals surface area contributed by atoms with E-state index in [0.29, 0.717) is 76.8 Å². The molecule has 5 N–H and O–H groups in total. The van der Waals surface area contributed by atoms with Crippen LogP contribution in [0, 0.1) is 0 Å². The SMILES string of the molecule is CC/C(=C(\c1ccccc1)c1ccc(OCC[N+](C)(C)Cc2ccc(OS(=O)(=NCCOCCOCCNC)Oc3cc(C(=O)CCCOCCOCCOCCN=[N+]=[N-])ccc3O[C@H]3O[C@H](CO)[C@H](O)[C@H](O)[C@H]3O)cc2)cc1)c1ccccc1. The summed E-state index contributed by atoms with van der Waals surface area (Å²) in [4.78, 5) is 16.4. The molecule has 0 aliphatic carbocycles. The number of nitrogens with zero attached hydrogens (tertiary/aromatic N) is 5. The second-order valence-corrected chi connectivity index (χ2v) is 21.8. The minimum Gasteiger partial charge on any atom is -0.488 e. The third kappa shape index (κ3) is 22.7. The monoisotopic (exact) mass is 1200 g/mol. The van der Waals surface area contributed by atoms with Crippen LogP contribution in [0.5, 0.6) is 23.0 Å². The number of allylic oxidation sites excluding steroid dienone is 1. The number of carbonyl (C=O) groups is 1. The van der Waals surface area contributed by atoms with E-state index in [0.717, 1.165) is 28.9 Å². The number of likely N-dealkylation sites (N-methyl/N-ethyl adjacent to an activating group) is 2. The van der Waals surface area contributed by atoms with Gasteiger partial charge in [0, 0.05) is 42.2 Å². The van der Waals surface area contributed by atoms with Crippen molar-refractivity contribution < 1.29 is 80.2 Å². The van der Waals surface area contributed by atoms with Crippen molar-refractivity contribution in [1.29, 1.82) is 0 Å². The number of Topliss-reactive ketones (excluding diaryl/α,β-unsaturated/α-hetero) is 1. The summed E-state index contributed by atoms with van der Waals surface area (Å²) in [6.45, 7) is 6.77. The Morgan fingerprint density at radius 2 is 1.26 bits per heavy atom. The highest BCUT2D eigenvalue weighted by Gasteiger charge is 2.45. The molecule has 462 valence electrons. The average molecular weight is 1200 g/mol. The first-order valence-electron chi connectivity index (χ1n) is 28.6. The number of ketones is 1. The van der Waals surface area contributed by atoms with Crippen LogP contribution in [0.25, 0.3) is 21.6 Å². The topological polar surface area (TPSA) is 281 Å². The number of azide groups is 1. The fourth-order valence-corrected chi connectivity index (χ4v) is 10.1. The molecule has 1 aliphatic heterocycles. The number of quaternary nitrogens is 1. The highest BCUT2D eigenvalue weighted by molar-refractivity contribution is 7.85. The molecule has 1 aliphatic rings. The van der Waals surface area contributed by atoms with Crippen LogP contribution in [0.3, 0.4) is 0 Å². The van der Waals surface area contributed by atoms with Crippen molar-refractivity contribution in [2.24, 2.45) is 9.48 Å². The smallest absolute Gasteiger partial charge is 0.388 e. The van der Waals surface area contributed by atoms with Crippen molar-refractivity contribution in [2.45, 2.75) is 63.4 Å². The van der Waals surface area contributed by atoms with Crippen LogP contribution in [0.15, 0.2) is 137 Å². The molecule has 5 aromatic carbocycles. The Labute approximate surface area is 498 Å². The molecule has 6 rings (SSSR count). The van der Waals surface area contributed by atoms with Crippen LogP contribution < -0.4 is 23.2 Å². The number of aliphatic hydroxyl groups is 4. The molecule has 6 atom stereocenters. The molecule has 0 spiro atoms. The average Bonchev–Trinajstić information content (AvgIpc) is 3.12. The van der Waals surface area contributed by atoms with E-state index in [1.54, 1.807) is 12.1 Å². The van der Waals surface area contributed by atoms with Gasteiger partial charge >= 0.3 is 10.3 Å². The van der Waals surface area contributed by atoms with E-state index in [9.17, 15) is 29.4 Å². The summed E-state index contributed by atoms with van der Waals surface area (Å²) in [7, 11) is 1.81. The molecule has 85 heavy (non-hydrogen) atoms. The lowest BCUT2D eigenvalue weighted by atomic mass is 9.88. The number of nitrogens with one attached hydrogen (secondary N) is 1. The maximum Gasteiger partial charge on any atom is 0.388 e. The first-order valence-corrected chi connectivity index (χ1v) is 29.9. The fraction of sp³-hybridized carbons (Fsp3) is 0.468. The van der Waals surface area contributed by atoms with Gasteiger partial charge in [-0.1, -0.05) is 84.8 Å². The Morgan fingerprint density at radius 1 is 0.671 bits per heavy atom. The predicted octanol–water partition coefficient (Wildman–Crippen LogP) is 7.22. The van der Waals surface area contributed by atoms with Gasteiger partial charge in [-0.25, -0.2) is 0 Å². The van der Waals surface area contributed by atoms with Gasteiger partial charge in [0.2, 0.25) is 6.29 Å². The van der Waals surface area contributed by atoms with E-state index in [1.165, 1.54) is 34.9 Å². The number of benzene rings is 5. The van der Waals surface area contributed by atoms with Gasteiger partial charge in [0.05, 0.1) is 86.7 Å². The third-order valence-electron chi connectivity index (χ3n) is 13.4. The molecule has 22 nitrogen and oxygen atoms in total. The van der Waals surface area contributed by atoms with Crippen LogP contribution in [0.2, 0.25) is 0 Å². The van der Waals surface area contributed by atoms with E-state index >= 15 is 0 Å². The van der Waals surface area contributed by atoms with Crippen molar-refractivity contribution in [3.05, 3.63) is 166 Å². The molecule has 0 saturated carbocycles. The van der Waals surface area contributed by atoms with E-state index in [2.05, 4.69) is 101 Å².